The molecule has 1 aliphatic heterocycles. The van der Waals surface area contributed by atoms with Gasteiger partial charge in [0.05, 0.1) is 0 Å². The first kappa shape index (κ1) is 9.05. The summed E-state index contributed by atoms with van der Waals surface area (Å²) in [6.07, 6.45) is 7.01. The average molecular weight is 155 g/mol. The molecule has 0 aromatic heterocycles. The van der Waals surface area contributed by atoms with Crippen LogP contribution in [0.25, 0.3) is 0 Å². The first-order valence-electron chi connectivity index (χ1n) is 5.02. The third-order valence-electron chi connectivity index (χ3n) is 2.42. The van der Waals surface area contributed by atoms with Crippen molar-refractivity contribution in [2.75, 3.05) is 6.54 Å². The van der Waals surface area contributed by atoms with E-state index in [1.165, 1.54) is 38.6 Å². The highest BCUT2D eigenvalue weighted by molar-refractivity contribution is 4.71. The topological polar surface area (TPSA) is 12.0 Å². The lowest BCUT2D eigenvalue weighted by Gasteiger charge is -2.17. The second-order valence-electron chi connectivity index (χ2n) is 4.13. The minimum atomic E-state index is 0.817. The predicted molar refractivity (Wildman–Crippen MR) is 49.7 cm³/mol. The van der Waals surface area contributed by atoms with E-state index >= 15 is 0 Å². The highest BCUT2D eigenvalue weighted by atomic mass is 14.9. The molecule has 1 saturated heterocycles. The van der Waals surface area contributed by atoms with Crippen molar-refractivity contribution in [3.05, 3.63) is 0 Å². The van der Waals surface area contributed by atoms with Gasteiger partial charge in [-0.25, -0.2) is 0 Å². The minimum absolute atomic E-state index is 0.817. The molecule has 0 aliphatic carbocycles. The van der Waals surface area contributed by atoms with Gasteiger partial charge >= 0.3 is 0 Å². The maximum Gasteiger partial charge on any atom is 0.00694 e. The maximum absolute atomic E-state index is 3.61. The zero-order chi connectivity index (χ0) is 8.10. The molecule has 0 aromatic carbocycles. The molecule has 66 valence electrons. The van der Waals surface area contributed by atoms with Crippen LogP contribution in [0, 0.1) is 5.92 Å². The lowest BCUT2D eigenvalue weighted by atomic mass is 10.0. The van der Waals surface area contributed by atoms with Crippen LogP contribution in [0.15, 0.2) is 0 Å². The molecule has 0 spiro atoms. The van der Waals surface area contributed by atoms with E-state index in [0.717, 1.165) is 12.0 Å². The van der Waals surface area contributed by atoms with Gasteiger partial charge in [-0.2, -0.15) is 0 Å². The molecule has 1 aliphatic rings. The van der Waals surface area contributed by atoms with E-state index in [1.807, 2.05) is 0 Å². The minimum Gasteiger partial charge on any atom is -0.314 e. The van der Waals surface area contributed by atoms with Gasteiger partial charge in [0.15, 0.2) is 0 Å². The van der Waals surface area contributed by atoms with E-state index in [2.05, 4.69) is 19.2 Å². The Balaban J connectivity index is 2.20. The molecule has 1 fully saturated rings. The third-order valence-corrected chi connectivity index (χ3v) is 2.42. The van der Waals surface area contributed by atoms with Crippen molar-refractivity contribution < 1.29 is 0 Å². The van der Waals surface area contributed by atoms with Gasteiger partial charge in [-0.05, 0) is 31.7 Å². The molecule has 1 rings (SSSR count). The van der Waals surface area contributed by atoms with Crippen LogP contribution in [0.5, 0.6) is 0 Å². The molecule has 1 nitrogen and oxygen atoms in total. The molecular formula is C10H21N. The fourth-order valence-corrected chi connectivity index (χ4v) is 1.87. The fraction of sp³-hybridized carbons (Fsp3) is 1.00. The predicted octanol–water partition coefficient (Wildman–Crippen LogP) is 2.56. The van der Waals surface area contributed by atoms with Crippen molar-refractivity contribution in [1.82, 2.24) is 5.32 Å². The van der Waals surface area contributed by atoms with Crippen molar-refractivity contribution in [2.24, 2.45) is 5.92 Å². The number of nitrogens with one attached hydrogen (secondary N) is 1. The van der Waals surface area contributed by atoms with Crippen LogP contribution in [0.1, 0.15) is 46.0 Å². The molecule has 1 heteroatoms. The Labute approximate surface area is 70.6 Å². The molecule has 11 heavy (non-hydrogen) atoms. The van der Waals surface area contributed by atoms with Gasteiger partial charge < -0.3 is 5.32 Å². The van der Waals surface area contributed by atoms with Gasteiger partial charge in [0.25, 0.3) is 0 Å². The summed E-state index contributed by atoms with van der Waals surface area (Å²) >= 11 is 0. The molecule has 0 unspecified atom stereocenters. The number of hydrogen-bond acceptors (Lipinski definition) is 1. The standard InChI is InChI=1S/C10H21N/c1-9(2)8-10-6-4-3-5-7-11-10/h9-11H,3-8H2,1-2H3/t10-/m0/s1. The van der Waals surface area contributed by atoms with Gasteiger partial charge in [0, 0.05) is 6.04 Å². The van der Waals surface area contributed by atoms with Gasteiger partial charge in [0.2, 0.25) is 0 Å². The zero-order valence-electron chi connectivity index (χ0n) is 7.90. The summed E-state index contributed by atoms with van der Waals surface area (Å²) in [5, 5.41) is 3.61. The quantitative estimate of drug-likeness (QED) is 0.646. The Morgan fingerprint density at radius 3 is 2.82 bits per heavy atom. The Morgan fingerprint density at radius 1 is 1.27 bits per heavy atom. The smallest absolute Gasteiger partial charge is 0.00694 e. The molecule has 1 N–H and O–H groups in total. The number of hydrogen-bond donors (Lipinski definition) is 1. The van der Waals surface area contributed by atoms with E-state index < -0.39 is 0 Å². The SMILES string of the molecule is CC(C)C[C@@H]1CCCCCN1. The Kier molecular flexibility index (Phi) is 3.92. The first-order valence-corrected chi connectivity index (χ1v) is 5.02. The van der Waals surface area contributed by atoms with E-state index in [-0.39, 0.29) is 0 Å². The summed E-state index contributed by atoms with van der Waals surface area (Å²) in [5.74, 6) is 0.852. The average Bonchev–Trinajstić information content (AvgIpc) is 2.14. The summed E-state index contributed by atoms with van der Waals surface area (Å²) in [6.45, 7) is 5.87. The molecular weight excluding hydrogens is 134 g/mol. The van der Waals surface area contributed by atoms with Crippen LogP contribution in [0.2, 0.25) is 0 Å². The van der Waals surface area contributed by atoms with Gasteiger partial charge in [-0.3, -0.25) is 0 Å². The molecule has 0 amide bonds. The van der Waals surface area contributed by atoms with Gasteiger partial charge in [0.1, 0.15) is 0 Å². The summed E-state index contributed by atoms with van der Waals surface area (Å²) < 4.78 is 0. The summed E-state index contributed by atoms with van der Waals surface area (Å²) in [6, 6.07) is 0.817. The van der Waals surface area contributed by atoms with Crippen molar-refractivity contribution in [3.8, 4) is 0 Å². The lowest BCUT2D eigenvalue weighted by molar-refractivity contribution is 0.414. The van der Waals surface area contributed by atoms with Gasteiger partial charge in [-0.1, -0.05) is 26.7 Å². The van der Waals surface area contributed by atoms with Crippen LogP contribution >= 0.6 is 0 Å². The third kappa shape index (κ3) is 3.76. The van der Waals surface area contributed by atoms with Crippen molar-refractivity contribution in [2.45, 2.75) is 52.0 Å². The van der Waals surface area contributed by atoms with Crippen LogP contribution in [0.3, 0.4) is 0 Å². The van der Waals surface area contributed by atoms with E-state index in [9.17, 15) is 0 Å². The summed E-state index contributed by atoms with van der Waals surface area (Å²) in [7, 11) is 0. The van der Waals surface area contributed by atoms with E-state index in [1.54, 1.807) is 0 Å². The normalized spacial score (nSPS) is 27.0. The number of rotatable bonds is 2. The summed E-state index contributed by atoms with van der Waals surface area (Å²) in [4.78, 5) is 0. The largest absolute Gasteiger partial charge is 0.314 e. The van der Waals surface area contributed by atoms with Gasteiger partial charge in [-0.15, -0.1) is 0 Å². The first-order chi connectivity index (χ1) is 5.29. The Bertz CT molecular complexity index is 91.0. The molecule has 0 saturated carbocycles. The van der Waals surface area contributed by atoms with E-state index in [4.69, 9.17) is 0 Å². The Morgan fingerprint density at radius 2 is 2.09 bits per heavy atom. The zero-order valence-corrected chi connectivity index (χ0v) is 7.90. The Hall–Kier alpha value is -0.0400. The summed E-state index contributed by atoms with van der Waals surface area (Å²) in [5.41, 5.74) is 0. The van der Waals surface area contributed by atoms with Crippen molar-refractivity contribution in [3.63, 3.8) is 0 Å². The highest BCUT2D eigenvalue weighted by Crippen LogP contribution is 2.14. The molecule has 0 radical (unpaired) electrons. The molecule has 1 heterocycles. The fourth-order valence-electron chi connectivity index (χ4n) is 1.87. The van der Waals surface area contributed by atoms with Crippen molar-refractivity contribution in [1.29, 1.82) is 0 Å². The molecule has 0 bridgehead atoms. The lowest BCUT2D eigenvalue weighted by Crippen LogP contribution is -2.29. The second-order valence-corrected chi connectivity index (χ2v) is 4.13. The van der Waals surface area contributed by atoms with Crippen LogP contribution in [-0.2, 0) is 0 Å². The van der Waals surface area contributed by atoms with E-state index in [0.29, 0.717) is 0 Å². The van der Waals surface area contributed by atoms with Crippen LogP contribution in [0.4, 0.5) is 0 Å². The monoisotopic (exact) mass is 155 g/mol. The molecule has 1 atom stereocenters. The van der Waals surface area contributed by atoms with Crippen molar-refractivity contribution >= 4 is 0 Å². The highest BCUT2D eigenvalue weighted by Gasteiger charge is 2.11. The van der Waals surface area contributed by atoms with Crippen LogP contribution in [-0.4, -0.2) is 12.6 Å². The second kappa shape index (κ2) is 4.76. The maximum atomic E-state index is 3.61. The molecule has 0 aromatic rings. The van der Waals surface area contributed by atoms with Crippen LogP contribution < -0.4 is 5.32 Å².